The van der Waals surface area contributed by atoms with E-state index in [4.69, 9.17) is 0 Å². The Morgan fingerprint density at radius 1 is 1.00 bits per heavy atom. The molecule has 0 aliphatic carbocycles. The molecule has 3 heterocycles. The van der Waals surface area contributed by atoms with Gasteiger partial charge in [-0.1, -0.05) is 47.1 Å². The number of nitrogens with zero attached hydrogens (tertiary/aromatic N) is 1. The van der Waals surface area contributed by atoms with E-state index in [1.54, 1.807) is 24.2 Å². The number of amides is 2. The molecule has 7 nitrogen and oxygen atoms in total. The summed E-state index contributed by atoms with van der Waals surface area (Å²) in [6, 6.07) is 18.5. The van der Waals surface area contributed by atoms with Crippen LogP contribution < -0.4 is 16.2 Å². The number of H-pyrrole nitrogens is 1. The van der Waals surface area contributed by atoms with Crippen LogP contribution in [0.25, 0.3) is 10.8 Å². The van der Waals surface area contributed by atoms with Crippen molar-refractivity contribution >= 4 is 49.9 Å². The minimum atomic E-state index is -0.673. The van der Waals surface area contributed by atoms with Crippen molar-refractivity contribution in [2.75, 3.05) is 17.7 Å². The molecule has 39 heavy (non-hydrogen) atoms. The summed E-state index contributed by atoms with van der Waals surface area (Å²) >= 11 is 3.60. The number of aryl methyl sites for hydroxylation is 1. The first-order valence-corrected chi connectivity index (χ1v) is 13.8. The van der Waals surface area contributed by atoms with Crippen molar-refractivity contribution in [2.45, 2.75) is 45.2 Å². The van der Waals surface area contributed by atoms with E-state index in [9.17, 15) is 14.4 Å². The molecular formula is C31H31BrN4O3. The number of rotatable bonds is 2. The Bertz CT molecular complexity index is 1630. The molecule has 2 aliphatic rings. The minimum Gasteiger partial charge on any atom is -0.370 e. The zero-order valence-electron chi connectivity index (χ0n) is 22.2. The van der Waals surface area contributed by atoms with Gasteiger partial charge in [-0.25, -0.2) is 0 Å². The van der Waals surface area contributed by atoms with Gasteiger partial charge in [-0.05, 0) is 83.3 Å². The molecule has 2 amide bonds. The number of anilines is 2. The maximum absolute atomic E-state index is 14.0. The van der Waals surface area contributed by atoms with Gasteiger partial charge in [-0.15, -0.1) is 0 Å². The zero-order valence-corrected chi connectivity index (χ0v) is 23.8. The largest absolute Gasteiger partial charge is 0.370 e. The summed E-state index contributed by atoms with van der Waals surface area (Å²) in [5.74, 6) is 0.0280. The van der Waals surface area contributed by atoms with Crippen molar-refractivity contribution in [1.29, 1.82) is 0 Å². The van der Waals surface area contributed by atoms with Gasteiger partial charge in [0.05, 0.1) is 0 Å². The molecule has 200 valence electrons. The van der Waals surface area contributed by atoms with Gasteiger partial charge >= 0.3 is 0 Å². The number of aromatic amines is 1. The third-order valence-corrected chi connectivity index (χ3v) is 8.18. The summed E-state index contributed by atoms with van der Waals surface area (Å²) in [6.07, 6.45) is 2.75. The molecule has 0 unspecified atom stereocenters. The summed E-state index contributed by atoms with van der Waals surface area (Å²) in [4.78, 5) is 43.5. The fourth-order valence-corrected chi connectivity index (χ4v) is 5.58. The van der Waals surface area contributed by atoms with E-state index in [1.807, 2.05) is 55.5 Å². The lowest BCUT2D eigenvalue weighted by molar-refractivity contribution is -0.131. The topological polar surface area (TPSA) is 94.3 Å². The lowest BCUT2D eigenvalue weighted by Gasteiger charge is -2.27. The number of hydrogen-bond acceptors (Lipinski definition) is 4. The Morgan fingerprint density at radius 3 is 2.62 bits per heavy atom. The van der Waals surface area contributed by atoms with Crippen LogP contribution in [0.5, 0.6) is 0 Å². The third-order valence-electron chi connectivity index (χ3n) is 7.41. The van der Waals surface area contributed by atoms with Crippen molar-refractivity contribution in [3.05, 3.63) is 104 Å². The van der Waals surface area contributed by atoms with Crippen molar-refractivity contribution in [3.63, 3.8) is 0 Å². The summed E-state index contributed by atoms with van der Waals surface area (Å²) in [6.45, 7) is 4.51. The molecular weight excluding hydrogens is 556 g/mol. The molecule has 4 aromatic rings. The van der Waals surface area contributed by atoms with Gasteiger partial charge in [-0.2, -0.15) is 0 Å². The van der Waals surface area contributed by atoms with Crippen LogP contribution in [-0.4, -0.2) is 28.7 Å². The van der Waals surface area contributed by atoms with Crippen molar-refractivity contribution in [3.8, 4) is 0 Å². The second kappa shape index (κ2) is 11.1. The van der Waals surface area contributed by atoms with Gasteiger partial charge in [-0.3, -0.25) is 14.4 Å². The van der Waals surface area contributed by atoms with Gasteiger partial charge in [0.25, 0.3) is 5.56 Å². The smallest absolute Gasteiger partial charge is 0.255 e. The quantitative estimate of drug-likeness (QED) is 0.259. The van der Waals surface area contributed by atoms with E-state index in [2.05, 4.69) is 44.5 Å². The number of benzene rings is 3. The predicted molar refractivity (Wildman–Crippen MR) is 159 cm³/mol. The summed E-state index contributed by atoms with van der Waals surface area (Å²) in [7, 11) is 1.77. The van der Waals surface area contributed by atoms with Gasteiger partial charge in [0.15, 0.2) is 0 Å². The first kappa shape index (κ1) is 26.7. The molecule has 1 aromatic heterocycles. The van der Waals surface area contributed by atoms with E-state index in [0.717, 1.165) is 32.1 Å². The number of carbonyl (C=O) groups is 2. The number of aromatic nitrogens is 1. The van der Waals surface area contributed by atoms with E-state index in [1.165, 1.54) is 0 Å². The highest BCUT2D eigenvalue weighted by molar-refractivity contribution is 9.10. The van der Waals surface area contributed by atoms with E-state index in [-0.39, 0.29) is 23.3 Å². The number of likely N-dealkylation sites (N-methyl/N-ethyl adjacent to an activating group) is 1. The summed E-state index contributed by atoms with van der Waals surface area (Å²) in [5, 5.41) is 7.80. The standard InChI is InChI=1S/C31H31BrN4O3/c1-18-4-11-28(37)34-23-8-10-27(32)22(15-23)17-36(3)31(39)29(21-6-9-25(18)19(2)14-21)35-24-7-5-20-12-13-33-30(38)26(20)16-24/h5-10,12-16,18,29,35H,4,11,17H2,1-3H3,(H,33,38)(H,34,37)/t18-,29+/m0/s1. The maximum Gasteiger partial charge on any atom is 0.255 e. The molecule has 3 aromatic carbocycles. The molecule has 0 saturated heterocycles. The number of pyridine rings is 1. The van der Waals surface area contributed by atoms with Crippen LogP contribution in [0.1, 0.15) is 54.0 Å². The molecule has 2 aliphatic heterocycles. The molecule has 3 N–H and O–H groups in total. The zero-order chi connectivity index (χ0) is 27.7. The van der Waals surface area contributed by atoms with Crippen LogP contribution >= 0.6 is 15.9 Å². The van der Waals surface area contributed by atoms with Crippen LogP contribution in [0.15, 0.2) is 76.1 Å². The highest BCUT2D eigenvalue weighted by Gasteiger charge is 2.26. The normalized spacial score (nSPS) is 18.3. The van der Waals surface area contributed by atoms with Crippen molar-refractivity contribution < 1.29 is 9.59 Å². The molecule has 0 saturated carbocycles. The number of nitrogens with one attached hydrogen (secondary N) is 3. The van der Waals surface area contributed by atoms with Crippen LogP contribution in [-0.2, 0) is 16.1 Å². The first-order valence-electron chi connectivity index (χ1n) is 13.0. The minimum absolute atomic E-state index is 0.0283. The number of fused-ring (bicyclic) bond motifs is 10. The van der Waals surface area contributed by atoms with E-state index >= 15 is 0 Å². The van der Waals surface area contributed by atoms with Crippen LogP contribution in [0.3, 0.4) is 0 Å². The first-order chi connectivity index (χ1) is 18.7. The van der Waals surface area contributed by atoms with Crippen molar-refractivity contribution in [2.24, 2.45) is 0 Å². The number of halogens is 1. The summed E-state index contributed by atoms with van der Waals surface area (Å²) in [5.41, 5.74) is 5.14. The lowest BCUT2D eigenvalue weighted by Crippen LogP contribution is -2.35. The highest BCUT2D eigenvalue weighted by atomic mass is 79.9. The lowest BCUT2D eigenvalue weighted by atomic mass is 9.89. The van der Waals surface area contributed by atoms with Crippen LogP contribution in [0, 0.1) is 6.92 Å². The second-order valence-electron chi connectivity index (χ2n) is 10.3. The average molecular weight is 588 g/mol. The maximum atomic E-state index is 14.0. The molecule has 6 rings (SSSR count). The number of hydrogen-bond donors (Lipinski definition) is 3. The summed E-state index contributed by atoms with van der Waals surface area (Å²) < 4.78 is 0.855. The molecule has 0 spiro atoms. The van der Waals surface area contributed by atoms with Gasteiger partial charge in [0.1, 0.15) is 6.04 Å². The van der Waals surface area contributed by atoms with Gasteiger partial charge in [0.2, 0.25) is 11.8 Å². The molecule has 0 fully saturated rings. The van der Waals surface area contributed by atoms with Gasteiger partial charge in [0, 0.05) is 47.4 Å². The Morgan fingerprint density at radius 2 is 1.82 bits per heavy atom. The van der Waals surface area contributed by atoms with Crippen LogP contribution in [0.2, 0.25) is 0 Å². The highest BCUT2D eigenvalue weighted by Crippen LogP contribution is 2.31. The SMILES string of the molecule is Cc1cc2ccc1[C@@H](C)CCC(=O)Nc1ccc(Br)c(c1)CN(C)C(=O)[C@@H]2Nc1ccc2cc[nH]c(=O)c2c1. The second-order valence-corrected chi connectivity index (χ2v) is 11.1. The fraction of sp³-hybridized carbons (Fsp3) is 0.258. The predicted octanol–water partition coefficient (Wildman–Crippen LogP) is 6.25. The Hall–Kier alpha value is -3.91. The third kappa shape index (κ3) is 5.76. The molecule has 8 heteroatoms. The van der Waals surface area contributed by atoms with Gasteiger partial charge < -0.3 is 20.5 Å². The molecule has 2 atom stereocenters. The fourth-order valence-electron chi connectivity index (χ4n) is 5.21. The van der Waals surface area contributed by atoms with E-state index in [0.29, 0.717) is 36.1 Å². The number of carbonyl (C=O) groups excluding carboxylic acids is 2. The van der Waals surface area contributed by atoms with Crippen LogP contribution in [0.4, 0.5) is 11.4 Å². The molecule has 4 bridgehead atoms. The monoisotopic (exact) mass is 586 g/mol. The Labute approximate surface area is 235 Å². The molecule has 0 radical (unpaired) electrons. The average Bonchev–Trinajstić information content (AvgIpc) is 2.91. The van der Waals surface area contributed by atoms with Crippen molar-refractivity contribution in [1.82, 2.24) is 9.88 Å². The Balaban J connectivity index is 1.57. The Kier molecular flexibility index (Phi) is 7.57. The van der Waals surface area contributed by atoms with E-state index < -0.39 is 6.04 Å².